The number of hydrogen-bond acceptors (Lipinski definition) is 2. The third-order valence-electron chi connectivity index (χ3n) is 2.57. The predicted octanol–water partition coefficient (Wildman–Crippen LogP) is 3.48. The molecule has 18 heavy (non-hydrogen) atoms. The molecule has 1 heterocycles. The lowest BCUT2D eigenvalue weighted by atomic mass is 10.2. The number of hydrogen-bond donors (Lipinski definition) is 1. The highest BCUT2D eigenvalue weighted by atomic mass is 35.5. The summed E-state index contributed by atoms with van der Waals surface area (Å²) in [5.74, 6) is 1.55. The van der Waals surface area contributed by atoms with E-state index in [9.17, 15) is 0 Å². The van der Waals surface area contributed by atoms with Gasteiger partial charge in [-0.2, -0.15) is 0 Å². The molecule has 100 valence electrons. The van der Waals surface area contributed by atoms with E-state index in [1.54, 1.807) is 0 Å². The summed E-state index contributed by atoms with van der Waals surface area (Å²) in [6, 6.07) is 7.97. The maximum absolute atomic E-state index is 5.76. The quantitative estimate of drug-likeness (QED) is 0.879. The Morgan fingerprint density at radius 3 is 2.61 bits per heavy atom. The molecule has 0 amide bonds. The van der Waals surface area contributed by atoms with Crippen LogP contribution in [0.25, 0.3) is 0 Å². The fourth-order valence-electron chi connectivity index (χ4n) is 1.84. The molecule has 0 saturated carbocycles. The standard InChI is InChI=1S/C13H17N3.2ClH/c1-10(2)13-15-6-7-16(13)9-11-4-3-5-12(14)8-11;;/h3-8,10H,9,14H2,1-2H3;2*1H. The summed E-state index contributed by atoms with van der Waals surface area (Å²) in [4.78, 5) is 4.37. The van der Waals surface area contributed by atoms with Gasteiger partial charge in [0.25, 0.3) is 0 Å². The molecule has 1 aromatic heterocycles. The van der Waals surface area contributed by atoms with Crippen LogP contribution in [0, 0.1) is 0 Å². The first-order valence-electron chi connectivity index (χ1n) is 5.52. The monoisotopic (exact) mass is 287 g/mol. The Labute approximate surface area is 120 Å². The number of halogens is 2. The van der Waals surface area contributed by atoms with E-state index >= 15 is 0 Å². The lowest BCUT2D eigenvalue weighted by Crippen LogP contribution is -2.06. The van der Waals surface area contributed by atoms with Crippen molar-refractivity contribution in [2.24, 2.45) is 0 Å². The van der Waals surface area contributed by atoms with Gasteiger partial charge in [-0.15, -0.1) is 24.8 Å². The topological polar surface area (TPSA) is 43.8 Å². The summed E-state index contributed by atoms with van der Waals surface area (Å²) in [7, 11) is 0. The van der Waals surface area contributed by atoms with Crippen LogP contribution in [0.3, 0.4) is 0 Å². The second-order valence-corrected chi connectivity index (χ2v) is 4.31. The molecule has 0 unspecified atom stereocenters. The summed E-state index contributed by atoms with van der Waals surface area (Å²) in [6.45, 7) is 5.13. The molecular formula is C13H19Cl2N3. The highest BCUT2D eigenvalue weighted by molar-refractivity contribution is 5.85. The minimum absolute atomic E-state index is 0. The Hall–Kier alpha value is -1.19. The average molecular weight is 288 g/mol. The molecule has 5 heteroatoms. The smallest absolute Gasteiger partial charge is 0.111 e. The Balaban J connectivity index is 0.00000144. The van der Waals surface area contributed by atoms with Crippen molar-refractivity contribution in [2.45, 2.75) is 26.3 Å². The Morgan fingerprint density at radius 1 is 1.28 bits per heavy atom. The minimum atomic E-state index is 0. The molecule has 0 fully saturated rings. The van der Waals surface area contributed by atoms with Crippen molar-refractivity contribution in [3.8, 4) is 0 Å². The molecule has 0 spiro atoms. The summed E-state index contributed by atoms with van der Waals surface area (Å²) < 4.78 is 2.17. The molecule has 0 aliphatic rings. The van der Waals surface area contributed by atoms with Gasteiger partial charge in [-0.3, -0.25) is 0 Å². The first kappa shape index (κ1) is 16.8. The second kappa shape index (κ2) is 7.29. The van der Waals surface area contributed by atoms with Crippen molar-refractivity contribution >= 4 is 30.5 Å². The summed E-state index contributed by atoms with van der Waals surface area (Å²) in [6.07, 6.45) is 3.86. The molecule has 1 aromatic carbocycles. The van der Waals surface area contributed by atoms with Crippen molar-refractivity contribution in [1.29, 1.82) is 0 Å². The number of anilines is 1. The maximum Gasteiger partial charge on any atom is 0.111 e. The van der Waals surface area contributed by atoms with E-state index in [2.05, 4.69) is 29.5 Å². The third kappa shape index (κ3) is 3.93. The molecule has 0 aliphatic heterocycles. The zero-order chi connectivity index (χ0) is 11.5. The molecule has 2 N–H and O–H groups in total. The number of benzene rings is 1. The van der Waals surface area contributed by atoms with E-state index < -0.39 is 0 Å². The van der Waals surface area contributed by atoms with Crippen molar-refractivity contribution in [1.82, 2.24) is 9.55 Å². The molecule has 0 bridgehead atoms. The molecule has 3 nitrogen and oxygen atoms in total. The Bertz CT molecular complexity index is 481. The fraction of sp³-hybridized carbons (Fsp3) is 0.308. The van der Waals surface area contributed by atoms with Crippen LogP contribution in [0.5, 0.6) is 0 Å². The molecule has 0 atom stereocenters. The average Bonchev–Trinajstić information content (AvgIpc) is 2.66. The molecule has 0 saturated heterocycles. The molecular weight excluding hydrogens is 269 g/mol. The van der Waals surface area contributed by atoms with Crippen LogP contribution in [-0.2, 0) is 6.54 Å². The second-order valence-electron chi connectivity index (χ2n) is 4.31. The van der Waals surface area contributed by atoms with Gasteiger partial charge in [0.2, 0.25) is 0 Å². The van der Waals surface area contributed by atoms with Gasteiger partial charge in [-0.05, 0) is 17.7 Å². The molecule has 0 aliphatic carbocycles. The van der Waals surface area contributed by atoms with Gasteiger partial charge in [0.1, 0.15) is 5.82 Å². The van der Waals surface area contributed by atoms with E-state index in [0.29, 0.717) is 5.92 Å². The van der Waals surface area contributed by atoms with Gasteiger partial charge in [0, 0.05) is 30.5 Å². The number of nitrogen functional groups attached to an aromatic ring is 1. The van der Waals surface area contributed by atoms with Gasteiger partial charge >= 0.3 is 0 Å². The molecule has 2 aromatic rings. The van der Waals surface area contributed by atoms with Gasteiger partial charge < -0.3 is 10.3 Å². The van der Waals surface area contributed by atoms with E-state index in [1.165, 1.54) is 5.56 Å². The van der Waals surface area contributed by atoms with E-state index in [-0.39, 0.29) is 24.8 Å². The first-order valence-corrected chi connectivity index (χ1v) is 5.52. The fourth-order valence-corrected chi connectivity index (χ4v) is 1.84. The van der Waals surface area contributed by atoms with Gasteiger partial charge in [0.15, 0.2) is 0 Å². The van der Waals surface area contributed by atoms with Gasteiger partial charge in [-0.25, -0.2) is 4.98 Å². The van der Waals surface area contributed by atoms with E-state index in [0.717, 1.165) is 18.1 Å². The van der Waals surface area contributed by atoms with Crippen LogP contribution in [0.2, 0.25) is 0 Å². The highest BCUT2D eigenvalue weighted by Gasteiger charge is 2.07. The normalized spacial score (nSPS) is 9.72. The SMILES string of the molecule is CC(C)c1nccn1Cc1cccc(N)c1.Cl.Cl. The highest BCUT2D eigenvalue weighted by Crippen LogP contribution is 2.15. The van der Waals surface area contributed by atoms with Crippen molar-refractivity contribution in [2.75, 3.05) is 5.73 Å². The van der Waals surface area contributed by atoms with Crippen LogP contribution < -0.4 is 5.73 Å². The molecule has 0 radical (unpaired) electrons. The lowest BCUT2D eigenvalue weighted by molar-refractivity contribution is 0.670. The number of nitrogens with two attached hydrogens (primary N) is 1. The number of aromatic nitrogens is 2. The van der Waals surface area contributed by atoms with Gasteiger partial charge in [0.05, 0.1) is 0 Å². The van der Waals surface area contributed by atoms with Gasteiger partial charge in [-0.1, -0.05) is 26.0 Å². The Morgan fingerprint density at radius 2 is 2.00 bits per heavy atom. The zero-order valence-electron chi connectivity index (χ0n) is 10.5. The van der Waals surface area contributed by atoms with Crippen molar-refractivity contribution in [3.05, 3.63) is 48.0 Å². The predicted molar refractivity (Wildman–Crippen MR) is 80.8 cm³/mol. The third-order valence-corrected chi connectivity index (χ3v) is 2.57. The van der Waals surface area contributed by atoms with E-state index in [4.69, 9.17) is 5.73 Å². The number of imidazole rings is 1. The van der Waals surface area contributed by atoms with Crippen LogP contribution in [-0.4, -0.2) is 9.55 Å². The van der Waals surface area contributed by atoms with Crippen molar-refractivity contribution < 1.29 is 0 Å². The van der Waals surface area contributed by atoms with Crippen LogP contribution in [0.15, 0.2) is 36.7 Å². The first-order chi connectivity index (χ1) is 7.66. The van der Waals surface area contributed by atoms with Crippen molar-refractivity contribution in [3.63, 3.8) is 0 Å². The van der Waals surface area contributed by atoms with E-state index in [1.807, 2.05) is 30.6 Å². The summed E-state index contributed by atoms with van der Waals surface area (Å²) in [5.41, 5.74) is 7.78. The Kier molecular flexibility index (Phi) is 6.81. The van der Waals surface area contributed by atoms with Crippen LogP contribution in [0.1, 0.15) is 31.2 Å². The lowest BCUT2D eigenvalue weighted by Gasteiger charge is -2.10. The van der Waals surface area contributed by atoms with Crippen LogP contribution >= 0.6 is 24.8 Å². The zero-order valence-corrected chi connectivity index (χ0v) is 12.2. The number of nitrogens with zero attached hydrogens (tertiary/aromatic N) is 2. The summed E-state index contributed by atoms with van der Waals surface area (Å²) in [5, 5.41) is 0. The minimum Gasteiger partial charge on any atom is -0.399 e. The van der Waals surface area contributed by atoms with Crippen LogP contribution in [0.4, 0.5) is 5.69 Å². The largest absolute Gasteiger partial charge is 0.399 e. The summed E-state index contributed by atoms with van der Waals surface area (Å²) >= 11 is 0. The number of rotatable bonds is 3. The molecule has 2 rings (SSSR count). The maximum atomic E-state index is 5.76.